The number of nitrogens with zero attached hydrogens (tertiary/aromatic N) is 1. The van der Waals surface area contributed by atoms with E-state index >= 15 is 0 Å². The van der Waals surface area contributed by atoms with Crippen LogP contribution in [0.25, 0.3) is 0 Å². The molecule has 0 saturated carbocycles. The van der Waals surface area contributed by atoms with Gasteiger partial charge in [0.2, 0.25) is 0 Å². The van der Waals surface area contributed by atoms with Crippen molar-refractivity contribution in [3.63, 3.8) is 0 Å². The molecule has 0 aliphatic heterocycles. The Labute approximate surface area is 176 Å². The lowest BCUT2D eigenvalue weighted by Crippen LogP contribution is -2.38. The van der Waals surface area contributed by atoms with E-state index in [1.807, 2.05) is 6.07 Å². The Bertz CT molecular complexity index is 581. The third-order valence-electron chi connectivity index (χ3n) is 3.27. The number of aryl methyl sites for hydroxylation is 1. The minimum atomic E-state index is -4.37. The Hall–Kier alpha value is -1.23. The molecule has 9 heteroatoms. The molecule has 0 fully saturated rings. The average Bonchev–Trinajstić information content (AvgIpc) is 2.55. The highest BCUT2D eigenvalue weighted by Crippen LogP contribution is 2.23. The molecule has 1 rings (SSSR count). The molecule has 5 nitrogen and oxygen atoms in total. The highest BCUT2D eigenvalue weighted by atomic mass is 127. The summed E-state index contributed by atoms with van der Waals surface area (Å²) in [5.74, 6) is 1.23. The van der Waals surface area contributed by atoms with E-state index in [2.05, 4.69) is 29.5 Å². The second-order valence-electron chi connectivity index (χ2n) is 6.34. The molecule has 2 N–H and O–H groups in total. The van der Waals surface area contributed by atoms with E-state index in [1.54, 1.807) is 26.1 Å². The molecule has 0 heterocycles. The number of hydrogen-bond acceptors (Lipinski definition) is 3. The first-order valence-electron chi connectivity index (χ1n) is 8.52. The molecule has 0 radical (unpaired) electrons. The zero-order chi connectivity index (χ0) is 19.6. The summed E-state index contributed by atoms with van der Waals surface area (Å²) >= 11 is 0. The molecule has 0 aromatic heterocycles. The molecule has 0 saturated heterocycles. The first-order valence-corrected chi connectivity index (χ1v) is 8.52. The van der Waals surface area contributed by atoms with Crippen LogP contribution in [0, 0.1) is 12.8 Å². The fourth-order valence-electron chi connectivity index (χ4n) is 2.06. The van der Waals surface area contributed by atoms with E-state index in [0.717, 1.165) is 5.56 Å². The van der Waals surface area contributed by atoms with Gasteiger partial charge in [-0.25, -0.2) is 0 Å². The monoisotopic (exact) mass is 503 g/mol. The van der Waals surface area contributed by atoms with Crippen molar-refractivity contribution in [1.82, 2.24) is 10.6 Å². The Balaban J connectivity index is 0.00000676. The lowest BCUT2D eigenvalue weighted by atomic mass is 10.1. The first kappa shape index (κ1) is 25.8. The highest BCUT2D eigenvalue weighted by molar-refractivity contribution is 14.0. The molecular formula is C18H29F3IN3O2. The molecule has 0 aliphatic rings. The van der Waals surface area contributed by atoms with Gasteiger partial charge < -0.3 is 20.1 Å². The summed E-state index contributed by atoms with van der Waals surface area (Å²) in [6, 6.07) is 5.17. The van der Waals surface area contributed by atoms with Crippen LogP contribution in [0.15, 0.2) is 23.2 Å². The minimum Gasteiger partial charge on any atom is -0.484 e. The second kappa shape index (κ2) is 13.0. The van der Waals surface area contributed by atoms with Crippen LogP contribution in [-0.4, -0.2) is 45.5 Å². The van der Waals surface area contributed by atoms with Gasteiger partial charge in [0.05, 0.1) is 6.61 Å². The molecule has 0 atom stereocenters. The number of ether oxygens (including phenoxy) is 2. The van der Waals surface area contributed by atoms with Crippen molar-refractivity contribution in [3.05, 3.63) is 29.3 Å². The number of halogens is 4. The SMILES string of the molecule is CN=C(NCCOCC(C)C)NCc1ccc(C)cc1OCC(F)(F)F.I. The number of rotatable bonds is 9. The molecule has 1 aromatic rings. The summed E-state index contributed by atoms with van der Waals surface area (Å²) in [6.07, 6.45) is -4.37. The maximum atomic E-state index is 12.4. The largest absolute Gasteiger partial charge is 0.484 e. The quantitative estimate of drug-likeness (QED) is 0.233. The maximum absolute atomic E-state index is 12.4. The van der Waals surface area contributed by atoms with Gasteiger partial charge in [-0.05, 0) is 24.5 Å². The smallest absolute Gasteiger partial charge is 0.422 e. The van der Waals surface area contributed by atoms with Crippen molar-refractivity contribution >= 4 is 29.9 Å². The van der Waals surface area contributed by atoms with Gasteiger partial charge in [0.15, 0.2) is 12.6 Å². The number of alkyl halides is 3. The van der Waals surface area contributed by atoms with Crippen molar-refractivity contribution in [2.45, 2.75) is 33.5 Å². The predicted octanol–water partition coefficient (Wildman–Crippen LogP) is 3.89. The Morgan fingerprint density at radius 1 is 1.22 bits per heavy atom. The van der Waals surface area contributed by atoms with Gasteiger partial charge in [0.1, 0.15) is 5.75 Å². The van der Waals surface area contributed by atoms with Crippen molar-refractivity contribution in [3.8, 4) is 5.75 Å². The highest BCUT2D eigenvalue weighted by Gasteiger charge is 2.28. The van der Waals surface area contributed by atoms with Crippen molar-refractivity contribution in [2.75, 3.05) is 33.4 Å². The topological polar surface area (TPSA) is 54.9 Å². The van der Waals surface area contributed by atoms with Gasteiger partial charge in [-0.15, -0.1) is 24.0 Å². The summed E-state index contributed by atoms with van der Waals surface area (Å²) in [6.45, 7) is 6.75. The third kappa shape index (κ3) is 12.0. The van der Waals surface area contributed by atoms with E-state index in [4.69, 9.17) is 9.47 Å². The second-order valence-corrected chi connectivity index (χ2v) is 6.34. The third-order valence-corrected chi connectivity index (χ3v) is 3.27. The van der Waals surface area contributed by atoms with Crippen LogP contribution in [0.1, 0.15) is 25.0 Å². The fourth-order valence-corrected chi connectivity index (χ4v) is 2.06. The van der Waals surface area contributed by atoms with Crippen LogP contribution in [0.3, 0.4) is 0 Å². The summed E-state index contributed by atoms with van der Waals surface area (Å²) in [4.78, 5) is 4.09. The summed E-state index contributed by atoms with van der Waals surface area (Å²) in [5, 5.41) is 6.16. The van der Waals surface area contributed by atoms with Crippen molar-refractivity contribution in [1.29, 1.82) is 0 Å². The number of nitrogens with one attached hydrogen (secondary N) is 2. The maximum Gasteiger partial charge on any atom is 0.422 e. The van der Waals surface area contributed by atoms with E-state index in [9.17, 15) is 13.2 Å². The standard InChI is InChI=1S/C18H28F3N3O2.HI/c1-13(2)11-25-8-7-23-17(22-4)24-10-15-6-5-14(3)9-16(15)26-12-18(19,20)21;/h5-6,9,13H,7-8,10-12H2,1-4H3,(H2,22,23,24);1H. The number of benzene rings is 1. The Morgan fingerprint density at radius 3 is 2.52 bits per heavy atom. The van der Waals surface area contributed by atoms with Gasteiger partial charge in [-0.3, -0.25) is 4.99 Å². The van der Waals surface area contributed by atoms with Gasteiger partial charge in [-0.2, -0.15) is 13.2 Å². The molecule has 0 amide bonds. The molecule has 0 spiro atoms. The van der Waals surface area contributed by atoms with Gasteiger partial charge in [-0.1, -0.05) is 26.0 Å². The zero-order valence-electron chi connectivity index (χ0n) is 16.2. The van der Waals surface area contributed by atoms with Crippen molar-refractivity contribution in [2.24, 2.45) is 10.9 Å². The summed E-state index contributed by atoms with van der Waals surface area (Å²) < 4.78 is 47.7. The van der Waals surface area contributed by atoms with E-state index in [1.165, 1.54) is 0 Å². The first-order chi connectivity index (χ1) is 12.2. The molecule has 27 heavy (non-hydrogen) atoms. The lowest BCUT2D eigenvalue weighted by molar-refractivity contribution is -0.153. The van der Waals surface area contributed by atoms with Gasteiger partial charge >= 0.3 is 6.18 Å². The number of hydrogen-bond donors (Lipinski definition) is 2. The summed E-state index contributed by atoms with van der Waals surface area (Å²) in [5.41, 5.74) is 1.45. The van der Waals surface area contributed by atoms with Crippen LogP contribution in [-0.2, 0) is 11.3 Å². The molecule has 0 bridgehead atoms. The number of aliphatic imine (C=N–C) groups is 1. The Morgan fingerprint density at radius 2 is 1.93 bits per heavy atom. The number of guanidine groups is 1. The average molecular weight is 503 g/mol. The molecule has 156 valence electrons. The van der Waals surface area contributed by atoms with E-state index in [0.29, 0.717) is 43.7 Å². The van der Waals surface area contributed by atoms with Crippen LogP contribution in [0.4, 0.5) is 13.2 Å². The Kier molecular flexibility index (Phi) is 12.4. The van der Waals surface area contributed by atoms with E-state index < -0.39 is 12.8 Å². The lowest BCUT2D eigenvalue weighted by Gasteiger charge is -2.16. The van der Waals surface area contributed by atoms with Crippen LogP contribution in [0.5, 0.6) is 5.75 Å². The zero-order valence-corrected chi connectivity index (χ0v) is 18.5. The molecule has 0 aliphatic carbocycles. The van der Waals surface area contributed by atoms with Crippen LogP contribution < -0.4 is 15.4 Å². The van der Waals surface area contributed by atoms with Crippen LogP contribution >= 0.6 is 24.0 Å². The molecule has 0 unspecified atom stereocenters. The van der Waals surface area contributed by atoms with Gasteiger partial charge in [0, 0.05) is 32.3 Å². The minimum absolute atomic E-state index is 0. The normalized spacial score (nSPS) is 11.9. The fraction of sp³-hybridized carbons (Fsp3) is 0.611. The van der Waals surface area contributed by atoms with Gasteiger partial charge in [0.25, 0.3) is 0 Å². The van der Waals surface area contributed by atoms with Crippen molar-refractivity contribution < 1.29 is 22.6 Å². The molecular weight excluding hydrogens is 474 g/mol. The van der Waals surface area contributed by atoms with E-state index in [-0.39, 0.29) is 29.7 Å². The summed E-state index contributed by atoms with van der Waals surface area (Å²) in [7, 11) is 1.63. The molecule has 1 aromatic carbocycles. The van der Waals surface area contributed by atoms with Crippen LogP contribution in [0.2, 0.25) is 0 Å². The predicted molar refractivity (Wildman–Crippen MR) is 112 cm³/mol.